The number of benzene rings is 4. The maximum absolute atomic E-state index is 15.0. The minimum Gasteiger partial charge on any atom is -0.461 e. The fourth-order valence-corrected chi connectivity index (χ4v) is 5.83. The summed E-state index contributed by atoms with van der Waals surface area (Å²) in [4.78, 5) is 25.5. The van der Waals surface area contributed by atoms with Gasteiger partial charge in [0.1, 0.15) is 18.9 Å². The molecule has 4 nitrogen and oxygen atoms in total. The van der Waals surface area contributed by atoms with E-state index in [1.54, 1.807) is 31.2 Å². The van der Waals surface area contributed by atoms with Gasteiger partial charge in [-0.05, 0) is 46.5 Å². The maximum atomic E-state index is 15.0. The largest absolute Gasteiger partial charge is 0.461 e. The Kier molecular flexibility index (Phi) is 7.89. The van der Waals surface area contributed by atoms with Crippen molar-refractivity contribution < 1.29 is 23.5 Å². The van der Waals surface area contributed by atoms with Gasteiger partial charge >= 0.3 is 11.9 Å². The topological polar surface area (TPSA) is 52.6 Å². The van der Waals surface area contributed by atoms with Crippen molar-refractivity contribution in [2.24, 2.45) is 0 Å². The Morgan fingerprint density at radius 2 is 1.13 bits per heavy atom. The van der Waals surface area contributed by atoms with E-state index in [4.69, 9.17) is 9.47 Å². The molecule has 0 aromatic heterocycles. The molecule has 1 saturated heterocycles. The summed E-state index contributed by atoms with van der Waals surface area (Å²) in [6.07, 6.45) is -2.37. The lowest BCUT2D eigenvalue weighted by atomic mass is 10.0. The zero-order valence-electron chi connectivity index (χ0n) is 20.8. The molecule has 5 rings (SSSR count). The van der Waals surface area contributed by atoms with E-state index in [0.717, 1.165) is 22.3 Å². The van der Waals surface area contributed by atoms with E-state index in [9.17, 15) is 9.59 Å². The van der Waals surface area contributed by atoms with Crippen LogP contribution in [0.25, 0.3) is 22.3 Å². The van der Waals surface area contributed by atoms with Gasteiger partial charge in [-0.15, -0.1) is 11.8 Å². The summed E-state index contributed by atoms with van der Waals surface area (Å²) in [6.45, 7) is 1.69. The van der Waals surface area contributed by atoms with Crippen molar-refractivity contribution in [3.63, 3.8) is 0 Å². The molecule has 1 aliphatic rings. The summed E-state index contributed by atoms with van der Waals surface area (Å²) < 4.78 is 26.1. The second-order valence-electron chi connectivity index (χ2n) is 9.18. The first kappa shape index (κ1) is 25.7. The van der Waals surface area contributed by atoms with Gasteiger partial charge in [-0.3, -0.25) is 0 Å². The molecule has 0 N–H and O–H groups in total. The molecule has 0 amide bonds. The summed E-state index contributed by atoms with van der Waals surface area (Å²) >= 11 is 1.33. The van der Waals surface area contributed by atoms with Gasteiger partial charge in [-0.1, -0.05) is 91.9 Å². The molecular weight excluding hydrogens is 499 g/mol. The summed E-state index contributed by atoms with van der Waals surface area (Å²) in [7, 11) is 0. The van der Waals surface area contributed by atoms with Crippen molar-refractivity contribution >= 4 is 23.7 Å². The fourth-order valence-electron chi connectivity index (χ4n) is 4.47. The molecule has 4 aromatic carbocycles. The number of alkyl halides is 1. The van der Waals surface area contributed by atoms with Gasteiger partial charge in [0.05, 0.1) is 16.4 Å². The minimum atomic E-state index is -1.36. The molecule has 4 atom stereocenters. The number of thioether (sulfide) groups is 1. The Balaban J connectivity index is 1.20. The Labute approximate surface area is 225 Å². The highest BCUT2D eigenvalue weighted by atomic mass is 32.2. The van der Waals surface area contributed by atoms with Crippen molar-refractivity contribution in [3.8, 4) is 22.3 Å². The van der Waals surface area contributed by atoms with Gasteiger partial charge in [0.2, 0.25) is 0 Å². The van der Waals surface area contributed by atoms with Crippen LogP contribution in [-0.4, -0.2) is 41.3 Å². The zero-order valence-corrected chi connectivity index (χ0v) is 21.6. The van der Waals surface area contributed by atoms with Crippen LogP contribution in [0, 0.1) is 0 Å². The van der Waals surface area contributed by atoms with Crippen LogP contribution in [0.1, 0.15) is 27.6 Å². The number of carbonyl (C=O) groups is 2. The molecule has 0 spiro atoms. The molecule has 0 radical (unpaired) electrons. The second kappa shape index (κ2) is 11.7. The molecule has 192 valence electrons. The lowest BCUT2D eigenvalue weighted by Crippen LogP contribution is -2.36. The van der Waals surface area contributed by atoms with Crippen LogP contribution in [0.3, 0.4) is 0 Å². The van der Waals surface area contributed by atoms with Crippen LogP contribution in [0.5, 0.6) is 0 Å². The van der Waals surface area contributed by atoms with Crippen LogP contribution in [0.4, 0.5) is 4.39 Å². The third kappa shape index (κ3) is 5.81. The number of carbonyl (C=O) groups excluding carboxylic acids is 2. The summed E-state index contributed by atoms with van der Waals surface area (Å²) in [5, 5.41) is -0.887. The van der Waals surface area contributed by atoms with Crippen molar-refractivity contribution in [3.05, 3.63) is 120 Å². The van der Waals surface area contributed by atoms with Gasteiger partial charge < -0.3 is 9.47 Å². The van der Waals surface area contributed by atoms with E-state index in [0.29, 0.717) is 11.1 Å². The fraction of sp³-hybridized carbons (Fsp3) is 0.188. The SMILES string of the molecule is C[C@H]1S[C@H](COC(=O)c2ccc(-c3ccccc3)cc2)[C@@H](OC(=O)c2ccc(-c3ccccc3)cc2)[C@@H]1F. The van der Waals surface area contributed by atoms with Crippen LogP contribution >= 0.6 is 11.8 Å². The molecule has 0 aliphatic carbocycles. The Morgan fingerprint density at radius 1 is 0.684 bits per heavy atom. The molecule has 1 aliphatic heterocycles. The van der Waals surface area contributed by atoms with Gasteiger partial charge in [-0.25, -0.2) is 14.0 Å². The molecule has 0 unspecified atom stereocenters. The summed E-state index contributed by atoms with van der Waals surface area (Å²) in [6, 6.07) is 33.9. The number of rotatable bonds is 7. The minimum absolute atomic E-state index is 0.0560. The van der Waals surface area contributed by atoms with Crippen LogP contribution in [-0.2, 0) is 9.47 Å². The molecule has 1 fully saturated rings. The molecule has 6 heteroatoms. The normalized spacial score (nSPS) is 20.6. The van der Waals surface area contributed by atoms with Crippen molar-refractivity contribution in [2.75, 3.05) is 6.61 Å². The molecule has 0 saturated carbocycles. The Hall–Kier alpha value is -3.90. The quantitative estimate of drug-likeness (QED) is 0.238. The van der Waals surface area contributed by atoms with Crippen LogP contribution in [0.2, 0.25) is 0 Å². The highest BCUT2D eigenvalue weighted by Crippen LogP contribution is 2.38. The maximum Gasteiger partial charge on any atom is 0.338 e. The van der Waals surface area contributed by atoms with E-state index >= 15 is 4.39 Å². The number of esters is 2. The molecule has 1 heterocycles. The highest BCUT2D eigenvalue weighted by Gasteiger charge is 2.45. The Morgan fingerprint density at radius 3 is 1.63 bits per heavy atom. The molecule has 4 aromatic rings. The Bertz CT molecular complexity index is 1370. The number of hydrogen-bond acceptors (Lipinski definition) is 5. The van der Waals surface area contributed by atoms with Gasteiger partial charge in [0, 0.05) is 5.25 Å². The summed E-state index contributed by atoms with van der Waals surface area (Å²) in [5.41, 5.74) is 4.80. The van der Waals surface area contributed by atoms with Gasteiger partial charge in [-0.2, -0.15) is 0 Å². The number of ether oxygens (including phenoxy) is 2. The molecule has 38 heavy (non-hydrogen) atoms. The van der Waals surface area contributed by atoms with Crippen molar-refractivity contribution in [2.45, 2.75) is 29.7 Å². The van der Waals surface area contributed by atoms with E-state index in [-0.39, 0.29) is 11.9 Å². The van der Waals surface area contributed by atoms with E-state index in [2.05, 4.69) is 0 Å². The first-order chi connectivity index (χ1) is 18.5. The first-order valence-electron chi connectivity index (χ1n) is 12.5. The van der Waals surface area contributed by atoms with E-state index in [1.807, 2.05) is 84.9 Å². The van der Waals surface area contributed by atoms with Crippen LogP contribution < -0.4 is 0 Å². The predicted octanol–water partition coefficient (Wildman–Crippen LogP) is 7.25. The van der Waals surface area contributed by atoms with Crippen molar-refractivity contribution in [1.82, 2.24) is 0 Å². The van der Waals surface area contributed by atoms with Crippen molar-refractivity contribution in [1.29, 1.82) is 0 Å². The monoisotopic (exact) mass is 526 g/mol. The molecular formula is C32H27FO4S. The average Bonchev–Trinajstić information content (AvgIpc) is 3.24. The van der Waals surface area contributed by atoms with Gasteiger partial charge in [0.25, 0.3) is 0 Å². The average molecular weight is 527 g/mol. The lowest BCUT2D eigenvalue weighted by Gasteiger charge is -2.21. The number of halogens is 1. The molecule has 0 bridgehead atoms. The zero-order chi connectivity index (χ0) is 26.5. The lowest BCUT2D eigenvalue weighted by molar-refractivity contribution is 0.00209. The number of hydrogen-bond donors (Lipinski definition) is 0. The summed E-state index contributed by atoms with van der Waals surface area (Å²) in [5.74, 6) is -1.10. The standard InChI is InChI=1S/C32H27FO4S/c1-21-29(33)30(37-32(35)27-18-14-25(15-19-27)23-10-6-3-7-11-23)28(38-21)20-36-31(34)26-16-12-24(13-17-26)22-8-4-2-5-9-22/h2-19,21,28-30H,20H2,1H3/t21-,28-,29-,30-/m1/s1. The van der Waals surface area contributed by atoms with E-state index in [1.165, 1.54) is 11.8 Å². The smallest absolute Gasteiger partial charge is 0.338 e. The first-order valence-corrected chi connectivity index (χ1v) is 13.4. The van der Waals surface area contributed by atoms with Gasteiger partial charge in [0.15, 0.2) is 0 Å². The highest BCUT2D eigenvalue weighted by molar-refractivity contribution is 8.00. The third-order valence-electron chi connectivity index (χ3n) is 6.60. The third-order valence-corrected chi connectivity index (χ3v) is 8.04. The van der Waals surface area contributed by atoms with Crippen LogP contribution in [0.15, 0.2) is 109 Å². The predicted molar refractivity (Wildman–Crippen MR) is 149 cm³/mol. The van der Waals surface area contributed by atoms with E-state index < -0.39 is 29.5 Å². The second-order valence-corrected chi connectivity index (χ2v) is 10.8.